The molecule has 0 fully saturated rings. The fraction of sp³-hybridized carbons (Fsp3) is 0.897. The van der Waals surface area contributed by atoms with Gasteiger partial charge in [0.25, 0.3) is 0 Å². The molecule has 0 aliphatic rings. The van der Waals surface area contributed by atoms with E-state index in [1.54, 1.807) is 0 Å². The zero-order chi connectivity index (χ0) is 25.2. The molecule has 0 aromatic heterocycles. The van der Waals surface area contributed by atoms with E-state index in [4.69, 9.17) is 14.2 Å². The molecular formula is C29H56O4. The molecule has 0 aromatic carbocycles. The first-order chi connectivity index (χ1) is 15.6. The lowest BCUT2D eigenvalue weighted by molar-refractivity contribution is -0.326. The van der Waals surface area contributed by atoms with Crippen LogP contribution in [0.5, 0.6) is 0 Å². The van der Waals surface area contributed by atoms with Crippen molar-refractivity contribution in [3.05, 3.63) is 12.7 Å². The standard InChI is InChI=1S/C29H56O4/c1-9-12-14-16-17-18-20-22-24-31-27(32-26(30)11-3)33-29(7,8)28(5,6)25(4)23-21-19-15-13-10-2/h11,25,27H,3,9-10,12-24H2,1-2,4-8H3. The van der Waals surface area contributed by atoms with Crippen molar-refractivity contribution >= 4 is 5.97 Å². The molecule has 2 unspecified atom stereocenters. The number of carbonyl (C=O) groups is 1. The van der Waals surface area contributed by atoms with E-state index in [-0.39, 0.29) is 5.41 Å². The third-order valence-corrected chi connectivity index (χ3v) is 7.55. The maximum Gasteiger partial charge on any atom is 0.334 e. The van der Waals surface area contributed by atoms with Crippen LogP contribution >= 0.6 is 0 Å². The highest BCUT2D eigenvalue weighted by atomic mass is 16.9. The van der Waals surface area contributed by atoms with Gasteiger partial charge in [-0.1, -0.05) is 125 Å². The average molecular weight is 469 g/mol. The molecule has 0 saturated heterocycles. The second-order valence-electron chi connectivity index (χ2n) is 10.7. The zero-order valence-electron chi connectivity index (χ0n) is 23.2. The van der Waals surface area contributed by atoms with Crippen molar-refractivity contribution in [1.82, 2.24) is 0 Å². The van der Waals surface area contributed by atoms with Crippen LogP contribution in [0.2, 0.25) is 0 Å². The molecular weight excluding hydrogens is 412 g/mol. The highest BCUT2D eigenvalue weighted by Crippen LogP contribution is 2.43. The first kappa shape index (κ1) is 32.1. The minimum absolute atomic E-state index is 0.113. The summed E-state index contributed by atoms with van der Waals surface area (Å²) in [5, 5.41) is 0. The molecule has 196 valence electrons. The van der Waals surface area contributed by atoms with Crippen molar-refractivity contribution in [2.24, 2.45) is 11.3 Å². The highest BCUT2D eigenvalue weighted by molar-refractivity contribution is 5.81. The number of hydrogen-bond acceptors (Lipinski definition) is 4. The van der Waals surface area contributed by atoms with Crippen molar-refractivity contribution in [1.29, 1.82) is 0 Å². The summed E-state index contributed by atoms with van der Waals surface area (Å²) in [6, 6.07) is 0. The van der Waals surface area contributed by atoms with E-state index >= 15 is 0 Å². The van der Waals surface area contributed by atoms with Crippen molar-refractivity contribution in [2.45, 2.75) is 150 Å². The fourth-order valence-electron chi connectivity index (χ4n) is 4.05. The van der Waals surface area contributed by atoms with Gasteiger partial charge in [-0.3, -0.25) is 0 Å². The molecule has 0 radical (unpaired) electrons. The van der Waals surface area contributed by atoms with E-state index in [1.807, 2.05) is 0 Å². The van der Waals surface area contributed by atoms with Crippen molar-refractivity contribution in [3.63, 3.8) is 0 Å². The second-order valence-corrected chi connectivity index (χ2v) is 10.7. The number of ether oxygens (including phenoxy) is 3. The van der Waals surface area contributed by atoms with E-state index in [9.17, 15) is 4.79 Å². The van der Waals surface area contributed by atoms with Crippen LogP contribution in [-0.2, 0) is 19.0 Å². The molecule has 0 aliphatic heterocycles. The third-order valence-electron chi connectivity index (χ3n) is 7.55. The van der Waals surface area contributed by atoms with Gasteiger partial charge in [0.1, 0.15) is 0 Å². The maximum absolute atomic E-state index is 11.9. The summed E-state index contributed by atoms with van der Waals surface area (Å²) in [5.41, 5.74) is -0.639. The number of esters is 1. The van der Waals surface area contributed by atoms with Crippen molar-refractivity contribution < 1.29 is 19.0 Å². The van der Waals surface area contributed by atoms with Gasteiger partial charge in [-0.25, -0.2) is 4.79 Å². The number of hydrogen-bond donors (Lipinski definition) is 0. The first-order valence-electron chi connectivity index (χ1n) is 13.7. The Morgan fingerprint density at radius 1 is 0.818 bits per heavy atom. The highest BCUT2D eigenvalue weighted by Gasteiger charge is 2.44. The molecule has 2 atom stereocenters. The van der Waals surface area contributed by atoms with Gasteiger partial charge in [-0.2, -0.15) is 0 Å². The molecule has 4 nitrogen and oxygen atoms in total. The van der Waals surface area contributed by atoms with E-state index < -0.39 is 18.0 Å². The average Bonchev–Trinajstić information content (AvgIpc) is 2.77. The van der Waals surface area contributed by atoms with E-state index in [0.29, 0.717) is 12.5 Å². The van der Waals surface area contributed by atoms with Crippen LogP contribution in [0.25, 0.3) is 0 Å². The lowest BCUT2D eigenvalue weighted by atomic mass is 9.67. The first-order valence-corrected chi connectivity index (χ1v) is 13.7. The number of carbonyl (C=O) groups excluding carboxylic acids is 1. The molecule has 0 heterocycles. The van der Waals surface area contributed by atoms with E-state index in [0.717, 1.165) is 18.9 Å². The van der Waals surface area contributed by atoms with Crippen LogP contribution in [0.1, 0.15) is 138 Å². The van der Waals surface area contributed by atoms with Crippen LogP contribution < -0.4 is 0 Å². The maximum atomic E-state index is 11.9. The molecule has 0 spiro atoms. The molecule has 33 heavy (non-hydrogen) atoms. The molecule has 0 amide bonds. The Morgan fingerprint density at radius 3 is 1.82 bits per heavy atom. The molecule has 0 saturated carbocycles. The summed E-state index contributed by atoms with van der Waals surface area (Å²) >= 11 is 0. The summed E-state index contributed by atoms with van der Waals surface area (Å²) in [5.74, 6) is -0.0499. The summed E-state index contributed by atoms with van der Waals surface area (Å²) in [7, 11) is 0. The van der Waals surface area contributed by atoms with Gasteiger partial charge in [-0.15, -0.1) is 0 Å². The van der Waals surface area contributed by atoms with Gasteiger partial charge in [0, 0.05) is 6.08 Å². The summed E-state index contributed by atoms with van der Waals surface area (Å²) in [6.07, 6.45) is 18.6. The van der Waals surface area contributed by atoms with Crippen LogP contribution in [0.4, 0.5) is 0 Å². The monoisotopic (exact) mass is 468 g/mol. The normalized spacial score (nSPS) is 14.2. The summed E-state index contributed by atoms with van der Waals surface area (Å²) in [4.78, 5) is 11.9. The Morgan fingerprint density at radius 2 is 1.30 bits per heavy atom. The largest absolute Gasteiger partial charge is 0.407 e. The van der Waals surface area contributed by atoms with E-state index in [2.05, 4.69) is 55.0 Å². The van der Waals surface area contributed by atoms with Crippen molar-refractivity contribution in [2.75, 3.05) is 6.61 Å². The molecule has 0 aliphatic carbocycles. The van der Waals surface area contributed by atoms with Gasteiger partial charge in [0.15, 0.2) is 0 Å². The minimum atomic E-state index is -1.01. The second kappa shape index (κ2) is 18.5. The molecule has 0 bridgehead atoms. The molecule has 0 aromatic rings. The van der Waals surface area contributed by atoms with Crippen LogP contribution in [0.3, 0.4) is 0 Å². The number of unbranched alkanes of at least 4 members (excludes halogenated alkanes) is 11. The Bertz CT molecular complexity index is 498. The minimum Gasteiger partial charge on any atom is -0.407 e. The van der Waals surface area contributed by atoms with Gasteiger partial charge >= 0.3 is 12.4 Å². The summed E-state index contributed by atoms with van der Waals surface area (Å²) in [6.45, 7) is 18.5. The van der Waals surface area contributed by atoms with Crippen molar-refractivity contribution in [3.8, 4) is 0 Å². The lowest BCUT2D eigenvalue weighted by Gasteiger charge is -2.46. The zero-order valence-corrected chi connectivity index (χ0v) is 23.2. The van der Waals surface area contributed by atoms with Gasteiger partial charge in [0.2, 0.25) is 0 Å². The Kier molecular flexibility index (Phi) is 18.0. The topological polar surface area (TPSA) is 44.8 Å². The fourth-order valence-corrected chi connectivity index (χ4v) is 4.05. The van der Waals surface area contributed by atoms with Gasteiger partial charge < -0.3 is 14.2 Å². The number of rotatable bonds is 22. The third kappa shape index (κ3) is 14.2. The molecule has 4 heteroatoms. The van der Waals surface area contributed by atoms with Gasteiger partial charge in [0.05, 0.1) is 12.2 Å². The van der Waals surface area contributed by atoms with E-state index in [1.165, 1.54) is 77.0 Å². The molecule has 0 rings (SSSR count). The lowest BCUT2D eigenvalue weighted by Crippen LogP contribution is -2.49. The quantitative estimate of drug-likeness (QED) is 0.0688. The SMILES string of the molecule is C=CC(=O)OC(OCCCCCCCCCC)OC(C)(C)C(C)(C)C(C)CCCCCCC. The smallest absolute Gasteiger partial charge is 0.334 e. The molecule has 0 N–H and O–H groups in total. The Balaban J connectivity index is 4.67. The van der Waals surface area contributed by atoms with Gasteiger partial charge in [-0.05, 0) is 31.6 Å². The van der Waals surface area contributed by atoms with Crippen LogP contribution in [-0.4, -0.2) is 24.7 Å². The van der Waals surface area contributed by atoms with Crippen LogP contribution in [0.15, 0.2) is 12.7 Å². The predicted molar refractivity (Wildman–Crippen MR) is 140 cm³/mol. The van der Waals surface area contributed by atoms with Crippen LogP contribution in [0, 0.1) is 11.3 Å². The Hall–Kier alpha value is -0.870. The summed E-state index contributed by atoms with van der Waals surface area (Å²) < 4.78 is 17.6. The Labute approximate surface area is 206 Å². The predicted octanol–water partition coefficient (Wildman–Crippen LogP) is 8.97.